The van der Waals surface area contributed by atoms with Crippen LogP contribution in [0.4, 0.5) is 0 Å². The largest absolute Gasteiger partial charge is 0.409 e. The number of ether oxygens (including phenoxy) is 1. The Morgan fingerprint density at radius 3 is 2.69 bits per heavy atom. The summed E-state index contributed by atoms with van der Waals surface area (Å²) in [5, 5.41) is 14.3. The molecule has 0 atom stereocenters. The Morgan fingerprint density at radius 1 is 1.62 bits per heavy atom. The standard InChI is InChI=1S/C8H19N3O2/c1-8(2,13-3)6-10-5-4-7(9)11-12/h10,12H,4-6H2,1-3H3,(H2,9,11). The van der Waals surface area contributed by atoms with Crippen molar-refractivity contribution < 1.29 is 9.94 Å². The average Bonchev–Trinajstić information content (AvgIpc) is 2.12. The lowest BCUT2D eigenvalue weighted by atomic mass is 10.1. The van der Waals surface area contributed by atoms with E-state index in [-0.39, 0.29) is 11.4 Å². The van der Waals surface area contributed by atoms with E-state index in [4.69, 9.17) is 15.7 Å². The van der Waals surface area contributed by atoms with Crippen LogP contribution in [0.1, 0.15) is 20.3 Å². The molecule has 0 heterocycles. The van der Waals surface area contributed by atoms with E-state index in [1.165, 1.54) is 0 Å². The molecule has 0 rings (SSSR count). The molecule has 0 saturated heterocycles. The van der Waals surface area contributed by atoms with Crippen LogP contribution in [0, 0.1) is 0 Å². The Labute approximate surface area is 78.9 Å². The third-order valence-electron chi connectivity index (χ3n) is 1.79. The lowest BCUT2D eigenvalue weighted by Gasteiger charge is -2.23. The molecular weight excluding hydrogens is 170 g/mol. The fourth-order valence-corrected chi connectivity index (χ4v) is 0.728. The lowest BCUT2D eigenvalue weighted by Crippen LogP contribution is -2.37. The molecule has 0 fully saturated rings. The second kappa shape index (κ2) is 5.77. The van der Waals surface area contributed by atoms with Crippen molar-refractivity contribution in [1.82, 2.24) is 5.32 Å². The molecule has 0 aromatic rings. The SMILES string of the molecule is COC(C)(C)CNCCC(N)=NO. The van der Waals surface area contributed by atoms with Crippen LogP contribution in [0.2, 0.25) is 0 Å². The van der Waals surface area contributed by atoms with E-state index in [1.807, 2.05) is 13.8 Å². The Kier molecular flexibility index (Phi) is 5.41. The first-order valence-electron chi connectivity index (χ1n) is 4.24. The summed E-state index contributed by atoms with van der Waals surface area (Å²) >= 11 is 0. The van der Waals surface area contributed by atoms with Gasteiger partial charge in [-0.25, -0.2) is 0 Å². The van der Waals surface area contributed by atoms with Crippen LogP contribution in [0.25, 0.3) is 0 Å². The maximum absolute atomic E-state index is 8.25. The molecule has 0 spiro atoms. The zero-order chi connectivity index (χ0) is 10.3. The van der Waals surface area contributed by atoms with Gasteiger partial charge < -0.3 is 21.0 Å². The van der Waals surface area contributed by atoms with Gasteiger partial charge in [0.25, 0.3) is 0 Å². The highest BCUT2D eigenvalue weighted by atomic mass is 16.5. The van der Waals surface area contributed by atoms with Gasteiger partial charge in [-0.1, -0.05) is 5.16 Å². The molecule has 78 valence electrons. The van der Waals surface area contributed by atoms with Gasteiger partial charge in [-0.3, -0.25) is 0 Å². The summed E-state index contributed by atoms with van der Waals surface area (Å²) < 4.78 is 5.20. The monoisotopic (exact) mass is 189 g/mol. The first kappa shape index (κ1) is 12.2. The highest BCUT2D eigenvalue weighted by Gasteiger charge is 2.14. The molecule has 0 aromatic carbocycles. The summed E-state index contributed by atoms with van der Waals surface area (Å²) in [4.78, 5) is 0. The maximum atomic E-state index is 8.25. The minimum Gasteiger partial charge on any atom is -0.409 e. The molecular formula is C8H19N3O2. The molecule has 0 amide bonds. The summed E-state index contributed by atoms with van der Waals surface area (Å²) in [5.41, 5.74) is 5.11. The number of methoxy groups -OCH3 is 1. The van der Waals surface area contributed by atoms with Gasteiger partial charge in [-0.05, 0) is 13.8 Å². The molecule has 0 aliphatic rings. The summed E-state index contributed by atoms with van der Waals surface area (Å²) in [5.74, 6) is 0.239. The average molecular weight is 189 g/mol. The summed E-state index contributed by atoms with van der Waals surface area (Å²) in [6, 6.07) is 0. The van der Waals surface area contributed by atoms with Crippen LogP contribution in [0.3, 0.4) is 0 Å². The molecule has 0 aliphatic carbocycles. The van der Waals surface area contributed by atoms with E-state index >= 15 is 0 Å². The van der Waals surface area contributed by atoms with E-state index in [9.17, 15) is 0 Å². The Balaban J connectivity index is 3.46. The number of hydrogen-bond donors (Lipinski definition) is 3. The molecule has 13 heavy (non-hydrogen) atoms. The normalized spacial score (nSPS) is 13.3. The van der Waals surface area contributed by atoms with E-state index in [2.05, 4.69) is 10.5 Å². The van der Waals surface area contributed by atoms with Crippen molar-refractivity contribution in [1.29, 1.82) is 0 Å². The molecule has 5 nitrogen and oxygen atoms in total. The van der Waals surface area contributed by atoms with Crippen molar-refractivity contribution in [2.45, 2.75) is 25.9 Å². The lowest BCUT2D eigenvalue weighted by molar-refractivity contribution is 0.0236. The van der Waals surface area contributed by atoms with Gasteiger partial charge in [0.15, 0.2) is 0 Å². The van der Waals surface area contributed by atoms with E-state index in [0.717, 1.165) is 6.54 Å². The third kappa shape index (κ3) is 6.36. The van der Waals surface area contributed by atoms with Crippen LogP contribution in [0.5, 0.6) is 0 Å². The van der Waals surface area contributed by atoms with Crippen molar-refractivity contribution in [3.05, 3.63) is 0 Å². The number of oxime groups is 1. The third-order valence-corrected chi connectivity index (χ3v) is 1.79. The smallest absolute Gasteiger partial charge is 0.140 e. The van der Waals surface area contributed by atoms with Crippen molar-refractivity contribution in [3.8, 4) is 0 Å². The molecule has 0 unspecified atom stereocenters. The molecule has 0 radical (unpaired) electrons. The van der Waals surface area contributed by atoms with Gasteiger partial charge >= 0.3 is 0 Å². The number of nitrogens with two attached hydrogens (primary N) is 1. The van der Waals surface area contributed by atoms with Crippen molar-refractivity contribution in [2.75, 3.05) is 20.2 Å². The molecule has 5 heteroatoms. The van der Waals surface area contributed by atoms with Gasteiger partial charge in [0, 0.05) is 26.6 Å². The quantitative estimate of drug-likeness (QED) is 0.182. The molecule has 0 aliphatic heterocycles. The molecule has 0 aromatic heterocycles. The molecule has 4 N–H and O–H groups in total. The van der Waals surface area contributed by atoms with E-state index in [0.29, 0.717) is 13.0 Å². The number of rotatable bonds is 6. The number of nitrogens with zero attached hydrogens (tertiary/aromatic N) is 1. The predicted octanol–water partition coefficient (Wildman–Crippen LogP) is 0.138. The van der Waals surface area contributed by atoms with Crippen LogP contribution in [0.15, 0.2) is 5.16 Å². The Hall–Kier alpha value is -0.810. The van der Waals surface area contributed by atoms with Gasteiger partial charge in [0.1, 0.15) is 5.84 Å². The Morgan fingerprint density at radius 2 is 2.23 bits per heavy atom. The highest BCUT2D eigenvalue weighted by molar-refractivity contribution is 5.79. The van der Waals surface area contributed by atoms with Crippen LogP contribution in [-0.4, -0.2) is 36.8 Å². The van der Waals surface area contributed by atoms with Crippen LogP contribution >= 0.6 is 0 Å². The fourth-order valence-electron chi connectivity index (χ4n) is 0.728. The Bertz CT molecular complexity index is 169. The van der Waals surface area contributed by atoms with Gasteiger partial charge in [0.05, 0.1) is 5.60 Å². The molecule has 0 saturated carbocycles. The minimum absolute atomic E-state index is 0.175. The van der Waals surface area contributed by atoms with Gasteiger partial charge in [-0.2, -0.15) is 0 Å². The van der Waals surface area contributed by atoms with Crippen LogP contribution in [-0.2, 0) is 4.74 Å². The summed E-state index contributed by atoms with van der Waals surface area (Å²) in [6.45, 7) is 5.40. The van der Waals surface area contributed by atoms with E-state index < -0.39 is 0 Å². The predicted molar refractivity (Wildman–Crippen MR) is 52.0 cm³/mol. The fraction of sp³-hybridized carbons (Fsp3) is 0.875. The second-order valence-electron chi connectivity index (χ2n) is 3.48. The zero-order valence-corrected chi connectivity index (χ0v) is 8.50. The van der Waals surface area contributed by atoms with Gasteiger partial charge in [-0.15, -0.1) is 0 Å². The maximum Gasteiger partial charge on any atom is 0.140 e. The van der Waals surface area contributed by atoms with E-state index in [1.54, 1.807) is 7.11 Å². The number of hydrogen-bond acceptors (Lipinski definition) is 4. The zero-order valence-electron chi connectivity index (χ0n) is 8.50. The topological polar surface area (TPSA) is 79.9 Å². The van der Waals surface area contributed by atoms with Gasteiger partial charge in [0.2, 0.25) is 0 Å². The summed E-state index contributed by atoms with van der Waals surface area (Å²) in [7, 11) is 1.67. The first-order valence-corrected chi connectivity index (χ1v) is 4.24. The minimum atomic E-state index is -0.175. The molecule has 0 bridgehead atoms. The highest BCUT2D eigenvalue weighted by Crippen LogP contribution is 2.04. The van der Waals surface area contributed by atoms with Crippen molar-refractivity contribution in [2.24, 2.45) is 10.9 Å². The number of amidine groups is 1. The second-order valence-corrected chi connectivity index (χ2v) is 3.48. The first-order chi connectivity index (χ1) is 6.02. The number of nitrogens with one attached hydrogen (secondary N) is 1. The summed E-state index contributed by atoms with van der Waals surface area (Å²) in [6.07, 6.45) is 0.538. The van der Waals surface area contributed by atoms with Crippen molar-refractivity contribution in [3.63, 3.8) is 0 Å². The van der Waals surface area contributed by atoms with Crippen molar-refractivity contribution >= 4 is 5.84 Å². The van der Waals surface area contributed by atoms with Crippen LogP contribution < -0.4 is 11.1 Å².